The number of sulfonamides is 1. The molecule has 0 aliphatic heterocycles. The Morgan fingerprint density at radius 2 is 2.09 bits per heavy atom. The van der Waals surface area contributed by atoms with Gasteiger partial charge in [-0.2, -0.15) is 0 Å². The van der Waals surface area contributed by atoms with E-state index in [1.165, 1.54) is 19.2 Å². The van der Waals surface area contributed by atoms with Gasteiger partial charge in [0.1, 0.15) is 5.75 Å². The number of nitrogens with two attached hydrogens (primary N) is 1. The Labute approximate surface area is 131 Å². The minimum atomic E-state index is -3.60. The first-order valence-electron chi connectivity index (χ1n) is 7.08. The van der Waals surface area contributed by atoms with Crippen LogP contribution in [0.4, 0.5) is 0 Å². The summed E-state index contributed by atoms with van der Waals surface area (Å²) in [7, 11) is -2.10. The van der Waals surface area contributed by atoms with Crippen LogP contribution in [0.25, 0.3) is 0 Å². The Hall–Kier alpha value is -1.64. The quantitative estimate of drug-likeness (QED) is 0.566. The van der Waals surface area contributed by atoms with E-state index in [1.807, 2.05) is 0 Å². The molecule has 0 saturated heterocycles. The SMILES string of the molecule is CCC(=O)NCc1cc(S(=O)(=O)NCCCN)ccc1OC. The summed E-state index contributed by atoms with van der Waals surface area (Å²) < 4.78 is 32.0. The molecule has 0 radical (unpaired) electrons. The predicted molar refractivity (Wildman–Crippen MR) is 84.0 cm³/mol. The number of carbonyl (C=O) groups excluding carboxylic acids is 1. The van der Waals surface area contributed by atoms with E-state index >= 15 is 0 Å². The van der Waals surface area contributed by atoms with Gasteiger partial charge < -0.3 is 15.8 Å². The van der Waals surface area contributed by atoms with E-state index in [9.17, 15) is 13.2 Å². The molecule has 0 spiro atoms. The molecular formula is C14H23N3O4S. The number of ether oxygens (including phenoxy) is 1. The fraction of sp³-hybridized carbons (Fsp3) is 0.500. The number of carbonyl (C=O) groups is 1. The van der Waals surface area contributed by atoms with Gasteiger partial charge in [0.15, 0.2) is 0 Å². The van der Waals surface area contributed by atoms with Crippen LogP contribution in [0.15, 0.2) is 23.1 Å². The van der Waals surface area contributed by atoms with E-state index in [4.69, 9.17) is 10.5 Å². The molecule has 8 heteroatoms. The Bertz CT molecular complexity index is 602. The number of rotatable bonds is 9. The Morgan fingerprint density at radius 3 is 2.68 bits per heavy atom. The van der Waals surface area contributed by atoms with Crippen molar-refractivity contribution in [2.75, 3.05) is 20.2 Å². The van der Waals surface area contributed by atoms with Crippen molar-refractivity contribution < 1.29 is 17.9 Å². The summed E-state index contributed by atoms with van der Waals surface area (Å²) in [5.74, 6) is 0.411. The summed E-state index contributed by atoms with van der Waals surface area (Å²) in [5.41, 5.74) is 5.95. The first-order valence-corrected chi connectivity index (χ1v) is 8.56. The normalized spacial score (nSPS) is 11.2. The lowest BCUT2D eigenvalue weighted by molar-refractivity contribution is -0.120. The van der Waals surface area contributed by atoms with Crippen molar-refractivity contribution in [2.24, 2.45) is 5.73 Å². The van der Waals surface area contributed by atoms with E-state index in [0.717, 1.165) is 0 Å². The van der Waals surface area contributed by atoms with Gasteiger partial charge in [-0.1, -0.05) is 6.92 Å². The van der Waals surface area contributed by atoms with Gasteiger partial charge in [-0.15, -0.1) is 0 Å². The standard InChI is InChI=1S/C14H23N3O4S/c1-3-14(18)16-10-11-9-12(5-6-13(11)21-2)22(19,20)17-8-4-7-15/h5-6,9,17H,3-4,7-8,10,15H2,1-2H3,(H,16,18). The molecule has 1 amide bonds. The second kappa shape index (κ2) is 8.72. The summed E-state index contributed by atoms with van der Waals surface area (Å²) in [6.45, 7) is 2.66. The van der Waals surface area contributed by atoms with Crippen LogP contribution in [0.2, 0.25) is 0 Å². The zero-order chi connectivity index (χ0) is 16.6. The van der Waals surface area contributed by atoms with Gasteiger partial charge in [0.05, 0.1) is 12.0 Å². The van der Waals surface area contributed by atoms with Crippen LogP contribution >= 0.6 is 0 Å². The third-order valence-corrected chi connectivity index (χ3v) is 4.49. The maximum atomic E-state index is 12.2. The summed E-state index contributed by atoms with van der Waals surface area (Å²) in [4.78, 5) is 11.5. The van der Waals surface area contributed by atoms with Gasteiger partial charge in [0.25, 0.3) is 0 Å². The third kappa shape index (κ3) is 5.28. The highest BCUT2D eigenvalue weighted by Gasteiger charge is 2.16. The molecule has 124 valence electrons. The van der Waals surface area contributed by atoms with Gasteiger partial charge in [0, 0.05) is 25.1 Å². The summed E-state index contributed by atoms with van der Waals surface area (Å²) in [6, 6.07) is 4.54. The van der Waals surface area contributed by atoms with Crippen molar-refractivity contribution >= 4 is 15.9 Å². The zero-order valence-electron chi connectivity index (χ0n) is 12.9. The van der Waals surface area contributed by atoms with Crippen LogP contribution < -0.4 is 20.5 Å². The molecule has 0 saturated carbocycles. The molecule has 4 N–H and O–H groups in total. The highest BCUT2D eigenvalue weighted by Crippen LogP contribution is 2.22. The fourth-order valence-corrected chi connectivity index (χ4v) is 2.90. The lowest BCUT2D eigenvalue weighted by Gasteiger charge is -2.12. The summed E-state index contributed by atoms with van der Waals surface area (Å²) >= 11 is 0. The first-order chi connectivity index (χ1) is 10.4. The van der Waals surface area contributed by atoms with E-state index in [1.54, 1.807) is 13.0 Å². The summed E-state index contributed by atoms with van der Waals surface area (Å²) in [5, 5.41) is 2.70. The van der Waals surface area contributed by atoms with Crippen molar-refractivity contribution in [3.63, 3.8) is 0 Å². The van der Waals surface area contributed by atoms with E-state index < -0.39 is 10.0 Å². The number of hydrogen-bond acceptors (Lipinski definition) is 5. The highest BCUT2D eigenvalue weighted by molar-refractivity contribution is 7.89. The molecule has 0 aromatic heterocycles. The molecule has 0 fully saturated rings. The maximum absolute atomic E-state index is 12.2. The second-order valence-corrected chi connectivity index (χ2v) is 6.41. The number of benzene rings is 1. The topological polar surface area (TPSA) is 111 Å². The van der Waals surface area contributed by atoms with Crippen molar-refractivity contribution in [3.05, 3.63) is 23.8 Å². The molecule has 0 aliphatic rings. The van der Waals surface area contributed by atoms with E-state index in [-0.39, 0.29) is 23.9 Å². The fourth-order valence-electron chi connectivity index (χ4n) is 1.77. The predicted octanol–water partition coefficient (Wildman–Crippen LogP) is 0.349. The lowest BCUT2D eigenvalue weighted by atomic mass is 10.2. The van der Waals surface area contributed by atoms with Gasteiger partial charge in [-0.3, -0.25) is 4.79 Å². The van der Waals surface area contributed by atoms with Gasteiger partial charge >= 0.3 is 0 Å². The van der Waals surface area contributed by atoms with Crippen LogP contribution in [0.3, 0.4) is 0 Å². The first kappa shape index (κ1) is 18.4. The Kier molecular flexibility index (Phi) is 7.30. The number of amides is 1. The van der Waals surface area contributed by atoms with Crippen molar-refractivity contribution in [1.29, 1.82) is 0 Å². The van der Waals surface area contributed by atoms with Gasteiger partial charge in [0.2, 0.25) is 15.9 Å². The molecule has 7 nitrogen and oxygen atoms in total. The average molecular weight is 329 g/mol. The van der Waals surface area contributed by atoms with Gasteiger partial charge in [-0.05, 0) is 31.2 Å². The van der Waals surface area contributed by atoms with E-state index in [0.29, 0.717) is 30.7 Å². The summed E-state index contributed by atoms with van der Waals surface area (Å²) in [6.07, 6.45) is 0.926. The Morgan fingerprint density at radius 1 is 1.36 bits per heavy atom. The second-order valence-electron chi connectivity index (χ2n) is 4.64. The van der Waals surface area contributed by atoms with Crippen LogP contribution in [-0.4, -0.2) is 34.5 Å². The molecule has 1 rings (SSSR count). The minimum Gasteiger partial charge on any atom is -0.496 e. The Balaban J connectivity index is 2.95. The molecule has 22 heavy (non-hydrogen) atoms. The lowest BCUT2D eigenvalue weighted by Crippen LogP contribution is -2.26. The number of hydrogen-bond donors (Lipinski definition) is 3. The smallest absolute Gasteiger partial charge is 0.240 e. The molecule has 0 atom stereocenters. The molecule has 1 aromatic rings. The monoisotopic (exact) mass is 329 g/mol. The van der Waals surface area contributed by atoms with Gasteiger partial charge in [-0.25, -0.2) is 13.1 Å². The maximum Gasteiger partial charge on any atom is 0.240 e. The van der Waals surface area contributed by atoms with Crippen molar-refractivity contribution in [3.8, 4) is 5.75 Å². The largest absolute Gasteiger partial charge is 0.496 e. The molecule has 1 aromatic carbocycles. The van der Waals surface area contributed by atoms with Crippen LogP contribution in [0, 0.1) is 0 Å². The average Bonchev–Trinajstić information content (AvgIpc) is 2.52. The molecular weight excluding hydrogens is 306 g/mol. The minimum absolute atomic E-state index is 0.114. The number of nitrogens with one attached hydrogen (secondary N) is 2. The molecule has 0 bridgehead atoms. The number of methoxy groups -OCH3 is 1. The van der Waals surface area contributed by atoms with Crippen LogP contribution in [0.5, 0.6) is 5.75 Å². The van der Waals surface area contributed by atoms with Crippen LogP contribution in [0.1, 0.15) is 25.3 Å². The highest BCUT2D eigenvalue weighted by atomic mass is 32.2. The third-order valence-electron chi connectivity index (χ3n) is 3.03. The molecule has 0 aliphatic carbocycles. The zero-order valence-corrected chi connectivity index (χ0v) is 13.7. The molecule has 0 unspecified atom stereocenters. The van der Waals surface area contributed by atoms with Crippen LogP contribution in [-0.2, 0) is 21.4 Å². The van der Waals surface area contributed by atoms with E-state index in [2.05, 4.69) is 10.0 Å². The van der Waals surface area contributed by atoms with Crippen molar-refractivity contribution in [1.82, 2.24) is 10.0 Å². The van der Waals surface area contributed by atoms with Crippen molar-refractivity contribution in [2.45, 2.75) is 31.2 Å². The molecule has 0 heterocycles.